The van der Waals surface area contributed by atoms with Gasteiger partial charge in [0, 0.05) is 13.1 Å². The second-order valence-corrected chi connectivity index (χ2v) is 5.82. The first-order valence-electron chi connectivity index (χ1n) is 8.57. The zero-order chi connectivity index (χ0) is 18.1. The molecule has 25 heavy (non-hydrogen) atoms. The molecular formula is C18H27N5O2. The molecule has 2 N–H and O–H groups in total. The van der Waals surface area contributed by atoms with Crippen LogP contribution in [0.25, 0.3) is 0 Å². The van der Waals surface area contributed by atoms with Crippen LogP contribution >= 0.6 is 0 Å². The minimum absolute atomic E-state index is 0.365. The molecular weight excluding hydrogens is 318 g/mol. The van der Waals surface area contributed by atoms with Gasteiger partial charge in [0.15, 0.2) is 11.8 Å². The Hall–Kier alpha value is -2.57. The van der Waals surface area contributed by atoms with E-state index in [-0.39, 0.29) is 0 Å². The van der Waals surface area contributed by atoms with Crippen LogP contribution in [0.4, 0.5) is 0 Å². The molecule has 1 unspecified atom stereocenters. The fourth-order valence-electron chi connectivity index (χ4n) is 2.40. The van der Waals surface area contributed by atoms with E-state index in [0.717, 1.165) is 31.2 Å². The maximum absolute atomic E-state index is 5.20. The van der Waals surface area contributed by atoms with Gasteiger partial charge in [-0.05, 0) is 43.9 Å². The summed E-state index contributed by atoms with van der Waals surface area (Å²) in [6.07, 6.45) is 0.996. The summed E-state index contributed by atoms with van der Waals surface area (Å²) >= 11 is 0. The van der Waals surface area contributed by atoms with E-state index in [1.54, 1.807) is 14.0 Å². The number of hydrogen-bond donors (Lipinski definition) is 2. The van der Waals surface area contributed by atoms with E-state index in [2.05, 4.69) is 44.8 Å². The molecule has 0 saturated heterocycles. The second kappa shape index (κ2) is 9.66. The summed E-state index contributed by atoms with van der Waals surface area (Å²) in [5, 5.41) is 10.3. The van der Waals surface area contributed by atoms with Gasteiger partial charge in [0.1, 0.15) is 12.3 Å². The molecule has 0 aliphatic heterocycles. The predicted molar refractivity (Wildman–Crippen MR) is 97.9 cm³/mol. The van der Waals surface area contributed by atoms with E-state index < -0.39 is 0 Å². The van der Waals surface area contributed by atoms with E-state index >= 15 is 0 Å². The topological polar surface area (TPSA) is 84.6 Å². The maximum Gasteiger partial charge on any atom is 0.248 e. The van der Waals surface area contributed by atoms with Crippen molar-refractivity contribution in [1.82, 2.24) is 20.8 Å². The highest BCUT2D eigenvalue weighted by molar-refractivity contribution is 5.79. The lowest BCUT2D eigenvalue weighted by molar-refractivity contribution is 0.376. The monoisotopic (exact) mass is 345 g/mol. The highest BCUT2D eigenvalue weighted by Crippen LogP contribution is 2.21. The molecule has 0 radical (unpaired) electrons. The number of guanidine groups is 1. The first-order valence-corrected chi connectivity index (χ1v) is 8.57. The van der Waals surface area contributed by atoms with Crippen LogP contribution in [-0.4, -0.2) is 36.3 Å². The molecule has 0 aliphatic carbocycles. The van der Waals surface area contributed by atoms with Crippen LogP contribution in [0.5, 0.6) is 5.75 Å². The van der Waals surface area contributed by atoms with Crippen LogP contribution in [0.2, 0.25) is 0 Å². The summed E-state index contributed by atoms with van der Waals surface area (Å²) in [6, 6.07) is 8.22. The lowest BCUT2D eigenvalue weighted by atomic mass is 9.98. The highest BCUT2D eigenvalue weighted by atomic mass is 16.5. The third-order valence-corrected chi connectivity index (χ3v) is 3.84. The zero-order valence-electron chi connectivity index (χ0n) is 15.4. The highest BCUT2D eigenvalue weighted by Gasteiger charge is 2.07. The molecule has 0 aliphatic rings. The van der Waals surface area contributed by atoms with Gasteiger partial charge in [0.25, 0.3) is 0 Å². The van der Waals surface area contributed by atoms with E-state index in [4.69, 9.17) is 9.26 Å². The number of benzene rings is 1. The first-order chi connectivity index (χ1) is 12.1. The molecule has 0 bridgehead atoms. The van der Waals surface area contributed by atoms with Gasteiger partial charge in [-0.1, -0.05) is 24.2 Å². The van der Waals surface area contributed by atoms with Crippen molar-refractivity contribution in [2.24, 2.45) is 4.99 Å². The van der Waals surface area contributed by atoms with Crippen molar-refractivity contribution < 1.29 is 9.26 Å². The Morgan fingerprint density at radius 2 is 2.04 bits per heavy atom. The van der Waals surface area contributed by atoms with Gasteiger partial charge in [-0.3, -0.25) is 0 Å². The van der Waals surface area contributed by atoms with Gasteiger partial charge in [0.2, 0.25) is 5.89 Å². The molecule has 7 heteroatoms. The standard InChI is InChI=1S/C18H27N5O2/c1-5-19-18(21-12-17-22-14(3)23-25-17)20-11-10-13(2)15-6-8-16(24-4)9-7-15/h6-9,13H,5,10-12H2,1-4H3,(H2,19,20,21). The van der Waals surface area contributed by atoms with Crippen molar-refractivity contribution in [1.29, 1.82) is 0 Å². The summed E-state index contributed by atoms with van der Waals surface area (Å²) in [7, 11) is 1.68. The second-order valence-electron chi connectivity index (χ2n) is 5.82. The predicted octanol–water partition coefficient (Wildman–Crippen LogP) is 2.64. The molecule has 0 fully saturated rings. The van der Waals surface area contributed by atoms with Crippen LogP contribution in [0.15, 0.2) is 33.8 Å². The fraction of sp³-hybridized carbons (Fsp3) is 0.500. The molecule has 1 aromatic heterocycles. The van der Waals surface area contributed by atoms with Crippen molar-refractivity contribution in [2.45, 2.75) is 39.7 Å². The third-order valence-electron chi connectivity index (χ3n) is 3.84. The molecule has 136 valence electrons. The van der Waals surface area contributed by atoms with Crippen LogP contribution in [0, 0.1) is 6.92 Å². The van der Waals surface area contributed by atoms with Crippen molar-refractivity contribution >= 4 is 5.96 Å². The Morgan fingerprint density at radius 3 is 2.64 bits per heavy atom. The summed E-state index contributed by atoms with van der Waals surface area (Å²) in [6.45, 7) is 8.03. The van der Waals surface area contributed by atoms with Crippen LogP contribution in [-0.2, 0) is 6.54 Å². The van der Waals surface area contributed by atoms with Gasteiger partial charge in [-0.15, -0.1) is 0 Å². The van der Waals surface area contributed by atoms with E-state index in [9.17, 15) is 0 Å². The normalized spacial score (nSPS) is 12.7. The lowest BCUT2D eigenvalue weighted by Gasteiger charge is -2.15. The van der Waals surface area contributed by atoms with Crippen molar-refractivity contribution in [3.63, 3.8) is 0 Å². The average molecular weight is 345 g/mol. The molecule has 2 aromatic rings. The molecule has 2 rings (SSSR count). The largest absolute Gasteiger partial charge is 0.497 e. The van der Waals surface area contributed by atoms with E-state index in [1.807, 2.05) is 19.1 Å². The quantitative estimate of drug-likeness (QED) is 0.565. The van der Waals surface area contributed by atoms with E-state index in [0.29, 0.717) is 24.2 Å². The smallest absolute Gasteiger partial charge is 0.248 e. The number of rotatable bonds is 8. The summed E-state index contributed by atoms with van der Waals surface area (Å²) in [4.78, 5) is 8.63. The van der Waals surface area contributed by atoms with Crippen LogP contribution in [0.1, 0.15) is 43.5 Å². The Balaban J connectivity index is 1.83. The minimum Gasteiger partial charge on any atom is -0.497 e. The Kier molecular flexibility index (Phi) is 7.25. The molecule has 1 heterocycles. The van der Waals surface area contributed by atoms with E-state index in [1.165, 1.54) is 5.56 Å². The van der Waals surface area contributed by atoms with Crippen molar-refractivity contribution in [3.8, 4) is 5.75 Å². The Morgan fingerprint density at radius 1 is 1.28 bits per heavy atom. The van der Waals surface area contributed by atoms with Gasteiger partial charge in [0.05, 0.1) is 7.11 Å². The average Bonchev–Trinajstić information content (AvgIpc) is 3.05. The van der Waals surface area contributed by atoms with Crippen molar-refractivity contribution in [2.75, 3.05) is 20.2 Å². The Labute approximate surface area is 148 Å². The summed E-state index contributed by atoms with van der Waals surface area (Å²) < 4.78 is 10.3. The van der Waals surface area contributed by atoms with Gasteiger partial charge in [-0.25, -0.2) is 4.99 Å². The molecule has 0 spiro atoms. The number of aryl methyl sites for hydroxylation is 1. The Bertz CT molecular complexity index is 666. The van der Waals surface area contributed by atoms with Crippen molar-refractivity contribution in [3.05, 3.63) is 41.5 Å². The number of aliphatic imine (C=N–C) groups is 1. The van der Waals surface area contributed by atoms with Gasteiger partial charge >= 0.3 is 0 Å². The van der Waals surface area contributed by atoms with Crippen LogP contribution in [0.3, 0.4) is 0 Å². The summed E-state index contributed by atoms with van der Waals surface area (Å²) in [5.41, 5.74) is 1.30. The first kappa shape index (κ1) is 18.8. The zero-order valence-corrected chi connectivity index (χ0v) is 15.4. The number of hydrogen-bond acceptors (Lipinski definition) is 5. The number of nitrogens with one attached hydrogen (secondary N) is 2. The van der Waals surface area contributed by atoms with Crippen LogP contribution < -0.4 is 15.4 Å². The summed E-state index contributed by atoms with van der Waals surface area (Å²) in [5.74, 6) is 3.21. The molecule has 1 atom stereocenters. The molecule has 1 aromatic carbocycles. The number of nitrogens with zero attached hydrogens (tertiary/aromatic N) is 3. The third kappa shape index (κ3) is 6.10. The molecule has 0 saturated carbocycles. The molecule has 7 nitrogen and oxygen atoms in total. The maximum atomic E-state index is 5.20. The SMILES string of the molecule is CCNC(=NCc1nc(C)no1)NCCC(C)c1ccc(OC)cc1. The minimum atomic E-state index is 0.365. The number of aromatic nitrogens is 2. The van der Waals surface area contributed by atoms with Gasteiger partial charge < -0.3 is 19.9 Å². The fourth-order valence-corrected chi connectivity index (χ4v) is 2.40. The number of ether oxygens (including phenoxy) is 1. The van der Waals surface area contributed by atoms with Gasteiger partial charge in [-0.2, -0.15) is 4.98 Å². The number of methoxy groups -OCH3 is 1. The molecule has 0 amide bonds. The lowest BCUT2D eigenvalue weighted by Crippen LogP contribution is -2.38.